The summed E-state index contributed by atoms with van der Waals surface area (Å²) in [4.78, 5) is 0. The SMILES string of the molecule is CCOP(=O)(OCC)OC(C)=CC=CC(C)C. The topological polar surface area (TPSA) is 44.8 Å². The van der Waals surface area contributed by atoms with Crippen LogP contribution in [0.1, 0.15) is 34.6 Å². The first-order chi connectivity index (χ1) is 7.93. The van der Waals surface area contributed by atoms with Crippen LogP contribution >= 0.6 is 7.82 Å². The second-order valence-corrected chi connectivity index (χ2v) is 5.37. The average molecular weight is 262 g/mol. The van der Waals surface area contributed by atoms with E-state index >= 15 is 0 Å². The van der Waals surface area contributed by atoms with Crippen LogP contribution in [-0.2, 0) is 18.1 Å². The zero-order valence-corrected chi connectivity index (χ0v) is 12.2. The van der Waals surface area contributed by atoms with Crippen molar-refractivity contribution in [1.82, 2.24) is 0 Å². The maximum absolute atomic E-state index is 12.0. The van der Waals surface area contributed by atoms with Gasteiger partial charge in [0.25, 0.3) is 0 Å². The van der Waals surface area contributed by atoms with Crippen LogP contribution in [0, 0.1) is 5.92 Å². The van der Waals surface area contributed by atoms with E-state index in [1.54, 1.807) is 26.8 Å². The molecule has 0 rings (SSSR count). The summed E-state index contributed by atoms with van der Waals surface area (Å²) < 4.78 is 27.2. The van der Waals surface area contributed by atoms with Gasteiger partial charge >= 0.3 is 7.82 Å². The minimum atomic E-state index is -3.44. The molecule has 0 saturated heterocycles. The highest BCUT2D eigenvalue weighted by molar-refractivity contribution is 7.48. The summed E-state index contributed by atoms with van der Waals surface area (Å²) in [5.41, 5.74) is 0. The summed E-state index contributed by atoms with van der Waals surface area (Å²) in [6.07, 6.45) is 5.62. The van der Waals surface area contributed by atoms with E-state index in [1.165, 1.54) is 0 Å². The molecule has 0 aliphatic carbocycles. The highest BCUT2D eigenvalue weighted by Gasteiger charge is 2.26. The molecule has 5 heteroatoms. The van der Waals surface area contributed by atoms with Crippen LogP contribution in [0.3, 0.4) is 0 Å². The molecular formula is C12H23O4P. The molecule has 0 unspecified atom stereocenters. The quantitative estimate of drug-likeness (QED) is 0.371. The Morgan fingerprint density at radius 1 is 1.24 bits per heavy atom. The number of rotatable bonds is 8. The molecule has 0 atom stereocenters. The maximum atomic E-state index is 12.0. The predicted octanol–water partition coefficient (Wildman–Crippen LogP) is 4.30. The van der Waals surface area contributed by atoms with Gasteiger partial charge in [0, 0.05) is 0 Å². The van der Waals surface area contributed by atoms with Crippen LogP contribution in [0.4, 0.5) is 0 Å². The minimum absolute atomic E-state index is 0.284. The Hall–Kier alpha value is -0.570. The summed E-state index contributed by atoms with van der Waals surface area (Å²) >= 11 is 0. The Morgan fingerprint density at radius 2 is 1.76 bits per heavy atom. The Bertz CT molecular complexity index is 298. The number of phosphoric acid groups is 1. The van der Waals surface area contributed by atoms with Crippen LogP contribution in [0.2, 0.25) is 0 Å². The van der Waals surface area contributed by atoms with E-state index in [0.717, 1.165) is 0 Å². The molecule has 0 aromatic carbocycles. The fraction of sp³-hybridized carbons (Fsp3) is 0.667. The zero-order chi connectivity index (χ0) is 13.3. The monoisotopic (exact) mass is 262 g/mol. The third kappa shape index (κ3) is 8.19. The maximum Gasteiger partial charge on any atom is 0.529 e. The van der Waals surface area contributed by atoms with E-state index in [9.17, 15) is 4.57 Å². The molecule has 0 saturated carbocycles. The summed E-state index contributed by atoms with van der Waals surface area (Å²) in [5.74, 6) is 0.969. The highest BCUT2D eigenvalue weighted by Crippen LogP contribution is 2.51. The molecule has 0 bridgehead atoms. The zero-order valence-electron chi connectivity index (χ0n) is 11.3. The molecular weight excluding hydrogens is 239 g/mol. The number of allylic oxidation sites excluding steroid dienone is 4. The molecule has 0 aromatic rings. The molecule has 100 valence electrons. The molecule has 4 nitrogen and oxygen atoms in total. The standard InChI is InChI=1S/C12H23O4P/c1-6-14-17(13,15-7-2)16-12(5)10-8-9-11(3)4/h8-11H,6-7H2,1-5H3. The van der Waals surface area contributed by atoms with Gasteiger partial charge < -0.3 is 4.52 Å². The van der Waals surface area contributed by atoms with E-state index < -0.39 is 7.82 Å². The Kier molecular flexibility index (Phi) is 8.23. The van der Waals surface area contributed by atoms with Gasteiger partial charge in [0.15, 0.2) is 0 Å². The van der Waals surface area contributed by atoms with Gasteiger partial charge in [-0.05, 0) is 32.8 Å². The van der Waals surface area contributed by atoms with Gasteiger partial charge in [-0.25, -0.2) is 4.57 Å². The molecule has 0 spiro atoms. The van der Waals surface area contributed by atoms with Crippen molar-refractivity contribution in [2.24, 2.45) is 5.92 Å². The molecule has 0 aromatic heterocycles. The highest BCUT2D eigenvalue weighted by atomic mass is 31.2. The largest absolute Gasteiger partial charge is 0.529 e. The normalized spacial score (nSPS) is 13.6. The van der Waals surface area contributed by atoms with Crippen LogP contribution < -0.4 is 0 Å². The fourth-order valence-electron chi connectivity index (χ4n) is 1.03. The Labute approximate surface area is 104 Å². The van der Waals surface area contributed by atoms with Crippen LogP contribution in [-0.4, -0.2) is 13.2 Å². The van der Waals surface area contributed by atoms with Gasteiger partial charge in [0.2, 0.25) is 0 Å². The van der Waals surface area contributed by atoms with Gasteiger partial charge in [0.05, 0.1) is 13.2 Å². The van der Waals surface area contributed by atoms with Crippen molar-refractivity contribution >= 4 is 7.82 Å². The fourth-order valence-corrected chi connectivity index (χ4v) is 2.25. The first-order valence-electron chi connectivity index (χ1n) is 5.87. The molecule has 0 N–H and O–H groups in total. The van der Waals surface area contributed by atoms with Gasteiger partial charge in [-0.1, -0.05) is 26.0 Å². The van der Waals surface area contributed by atoms with Crippen molar-refractivity contribution in [2.75, 3.05) is 13.2 Å². The molecule has 17 heavy (non-hydrogen) atoms. The van der Waals surface area contributed by atoms with Gasteiger partial charge in [-0.15, -0.1) is 0 Å². The first kappa shape index (κ1) is 16.4. The molecule has 0 heterocycles. The molecule has 0 fully saturated rings. The minimum Gasteiger partial charge on any atom is -0.409 e. The predicted molar refractivity (Wildman–Crippen MR) is 69.7 cm³/mol. The van der Waals surface area contributed by atoms with E-state index in [-0.39, 0.29) is 13.2 Å². The number of hydrogen-bond donors (Lipinski definition) is 0. The van der Waals surface area contributed by atoms with Crippen molar-refractivity contribution in [1.29, 1.82) is 0 Å². The van der Waals surface area contributed by atoms with Crippen molar-refractivity contribution in [3.8, 4) is 0 Å². The second-order valence-electron chi connectivity index (χ2n) is 3.78. The summed E-state index contributed by atoms with van der Waals surface area (Å²) in [6, 6.07) is 0. The van der Waals surface area contributed by atoms with E-state index in [0.29, 0.717) is 11.7 Å². The lowest BCUT2D eigenvalue weighted by Gasteiger charge is -2.16. The van der Waals surface area contributed by atoms with Crippen molar-refractivity contribution in [3.63, 3.8) is 0 Å². The van der Waals surface area contributed by atoms with Crippen LogP contribution in [0.15, 0.2) is 24.0 Å². The molecule has 0 amide bonds. The number of hydrogen-bond acceptors (Lipinski definition) is 4. The Morgan fingerprint density at radius 3 is 2.18 bits per heavy atom. The lowest BCUT2D eigenvalue weighted by atomic mass is 10.2. The third-order valence-electron chi connectivity index (χ3n) is 1.66. The van der Waals surface area contributed by atoms with Gasteiger partial charge in [0.1, 0.15) is 5.76 Å². The van der Waals surface area contributed by atoms with E-state index in [2.05, 4.69) is 13.8 Å². The summed E-state index contributed by atoms with van der Waals surface area (Å²) in [6.45, 7) is 9.92. The Balaban J connectivity index is 4.49. The average Bonchev–Trinajstić information content (AvgIpc) is 2.16. The van der Waals surface area contributed by atoms with Gasteiger partial charge in [-0.2, -0.15) is 0 Å². The number of phosphoric ester groups is 1. The lowest BCUT2D eigenvalue weighted by molar-refractivity contribution is 0.146. The van der Waals surface area contributed by atoms with Crippen molar-refractivity contribution in [3.05, 3.63) is 24.0 Å². The first-order valence-corrected chi connectivity index (χ1v) is 7.33. The molecule has 0 aliphatic heterocycles. The lowest BCUT2D eigenvalue weighted by Crippen LogP contribution is -1.98. The smallest absolute Gasteiger partial charge is 0.409 e. The second kappa shape index (κ2) is 8.51. The summed E-state index contributed by atoms with van der Waals surface area (Å²) in [7, 11) is -3.44. The van der Waals surface area contributed by atoms with Crippen LogP contribution in [0.25, 0.3) is 0 Å². The molecule has 0 aliphatic rings. The van der Waals surface area contributed by atoms with E-state index in [4.69, 9.17) is 13.6 Å². The molecule has 0 radical (unpaired) electrons. The van der Waals surface area contributed by atoms with E-state index in [1.807, 2.05) is 12.2 Å². The summed E-state index contributed by atoms with van der Waals surface area (Å²) in [5, 5.41) is 0. The van der Waals surface area contributed by atoms with Crippen molar-refractivity contribution < 1.29 is 18.1 Å². The van der Waals surface area contributed by atoms with Gasteiger partial charge in [-0.3, -0.25) is 9.05 Å². The van der Waals surface area contributed by atoms with Crippen LogP contribution in [0.5, 0.6) is 0 Å². The third-order valence-corrected chi connectivity index (χ3v) is 3.32. The van der Waals surface area contributed by atoms with Crippen molar-refractivity contribution in [2.45, 2.75) is 34.6 Å².